The highest BCUT2D eigenvalue weighted by atomic mass is 32.2. The maximum atomic E-state index is 13.3. The third-order valence-corrected chi connectivity index (χ3v) is 6.39. The molecular formula is C26H21FN4O3S. The van der Waals surface area contributed by atoms with Crippen LogP contribution < -0.4 is 4.74 Å². The topological polar surface area (TPSA) is 80.8 Å². The first kappa shape index (κ1) is 22.8. The van der Waals surface area contributed by atoms with Crippen molar-refractivity contribution in [1.29, 1.82) is 0 Å². The fraction of sp³-hybridized carbons (Fsp3) is 0.154. The van der Waals surface area contributed by atoms with Gasteiger partial charge in [-0.2, -0.15) is 5.10 Å². The predicted octanol–water partition coefficient (Wildman–Crippen LogP) is 5.35. The standard InChI is InChI=1S/C26H21FN4O3S/c1-33-21-13-9-18(10-14-21)23-15-22(17-5-3-2-4-6-17)30-31(23)24(32)16-35-26-29-28-25(34-26)19-7-11-20(27)12-8-19/h2-14,23H,15-16H2,1H3. The summed E-state index contributed by atoms with van der Waals surface area (Å²) in [4.78, 5) is 13.3. The number of aromatic nitrogens is 2. The van der Waals surface area contributed by atoms with Crippen LogP contribution in [0.4, 0.5) is 4.39 Å². The maximum absolute atomic E-state index is 13.3. The monoisotopic (exact) mass is 488 g/mol. The fourth-order valence-corrected chi connectivity index (χ4v) is 4.41. The Kier molecular flexibility index (Phi) is 6.58. The molecule has 1 aliphatic rings. The van der Waals surface area contributed by atoms with E-state index in [9.17, 15) is 9.18 Å². The normalized spacial score (nSPS) is 15.2. The SMILES string of the molecule is COc1ccc(C2CC(c3ccccc3)=NN2C(=O)CSc2nnc(-c3ccc(F)cc3)o2)cc1. The predicted molar refractivity (Wildman–Crippen MR) is 131 cm³/mol. The largest absolute Gasteiger partial charge is 0.497 e. The van der Waals surface area contributed by atoms with Crippen molar-refractivity contribution in [3.63, 3.8) is 0 Å². The molecule has 1 atom stereocenters. The van der Waals surface area contributed by atoms with Crippen LogP contribution >= 0.6 is 11.8 Å². The third kappa shape index (κ3) is 5.09. The molecule has 2 heterocycles. The summed E-state index contributed by atoms with van der Waals surface area (Å²) >= 11 is 1.14. The van der Waals surface area contributed by atoms with E-state index in [1.165, 1.54) is 17.1 Å². The van der Waals surface area contributed by atoms with Crippen LogP contribution in [0.25, 0.3) is 11.5 Å². The summed E-state index contributed by atoms with van der Waals surface area (Å²) in [5.74, 6) is 0.562. The molecule has 35 heavy (non-hydrogen) atoms. The number of methoxy groups -OCH3 is 1. The molecule has 1 unspecified atom stereocenters. The molecule has 9 heteroatoms. The van der Waals surface area contributed by atoms with Crippen LogP contribution in [0.3, 0.4) is 0 Å². The minimum absolute atomic E-state index is 0.0727. The number of amides is 1. The van der Waals surface area contributed by atoms with Gasteiger partial charge in [0.15, 0.2) is 0 Å². The van der Waals surface area contributed by atoms with Gasteiger partial charge in [0.1, 0.15) is 11.6 Å². The van der Waals surface area contributed by atoms with Crippen LogP contribution in [0.1, 0.15) is 23.6 Å². The molecule has 7 nitrogen and oxygen atoms in total. The Bertz CT molecular complexity index is 1340. The average Bonchev–Trinajstić information content (AvgIpc) is 3.56. The number of benzene rings is 3. The van der Waals surface area contributed by atoms with Crippen LogP contribution in [0.15, 0.2) is 93.6 Å². The Morgan fingerprint density at radius 2 is 1.77 bits per heavy atom. The minimum atomic E-state index is -0.346. The van der Waals surface area contributed by atoms with Crippen LogP contribution in [0.5, 0.6) is 5.75 Å². The van der Waals surface area contributed by atoms with Crippen molar-refractivity contribution in [3.8, 4) is 17.2 Å². The molecule has 4 aromatic rings. The number of carbonyl (C=O) groups is 1. The summed E-state index contributed by atoms with van der Waals surface area (Å²) in [7, 11) is 1.62. The summed E-state index contributed by atoms with van der Waals surface area (Å²) in [6.45, 7) is 0. The Balaban J connectivity index is 1.33. The second-order valence-electron chi connectivity index (χ2n) is 7.81. The van der Waals surface area contributed by atoms with E-state index in [-0.39, 0.29) is 34.6 Å². The van der Waals surface area contributed by atoms with E-state index in [0.29, 0.717) is 12.0 Å². The van der Waals surface area contributed by atoms with Gasteiger partial charge in [0.05, 0.1) is 24.6 Å². The van der Waals surface area contributed by atoms with Gasteiger partial charge in [0, 0.05) is 12.0 Å². The van der Waals surface area contributed by atoms with Crippen LogP contribution in [0, 0.1) is 5.82 Å². The number of ether oxygens (including phenoxy) is 1. The Morgan fingerprint density at radius 3 is 2.49 bits per heavy atom. The molecule has 3 aromatic carbocycles. The molecule has 0 saturated carbocycles. The third-order valence-electron chi connectivity index (χ3n) is 5.59. The van der Waals surface area contributed by atoms with Crippen molar-refractivity contribution in [2.24, 2.45) is 5.10 Å². The quantitative estimate of drug-likeness (QED) is 0.326. The van der Waals surface area contributed by atoms with Gasteiger partial charge >= 0.3 is 0 Å². The van der Waals surface area contributed by atoms with E-state index in [0.717, 1.165) is 34.3 Å². The highest BCUT2D eigenvalue weighted by molar-refractivity contribution is 7.99. The van der Waals surface area contributed by atoms with Gasteiger partial charge in [-0.15, -0.1) is 10.2 Å². The zero-order valence-electron chi connectivity index (χ0n) is 18.8. The van der Waals surface area contributed by atoms with Gasteiger partial charge in [-0.3, -0.25) is 4.79 Å². The van der Waals surface area contributed by atoms with Gasteiger partial charge in [-0.1, -0.05) is 54.2 Å². The van der Waals surface area contributed by atoms with Crippen molar-refractivity contribution in [1.82, 2.24) is 15.2 Å². The maximum Gasteiger partial charge on any atom is 0.277 e. The van der Waals surface area contributed by atoms with Crippen LogP contribution in [-0.2, 0) is 4.79 Å². The van der Waals surface area contributed by atoms with Crippen LogP contribution in [0.2, 0.25) is 0 Å². The minimum Gasteiger partial charge on any atom is -0.497 e. The Labute approximate surface area is 205 Å². The van der Waals surface area contributed by atoms with E-state index in [2.05, 4.69) is 15.3 Å². The summed E-state index contributed by atoms with van der Waals surface area (Å²) < 4.78 is 24.1. The molecule has 1 amide bonds. The first-order valence-corrected chi connectivity index (χ1v) is 11.9. The van der Waals surface area contributed by atoms with Gasteiger partial charge in [0.2, 0.25) is 5.89 Å². The van der Waals surface area contributed by atoms with E-state index in [1.807, 2.05) is 54.6 Å². The second kappa shape index (κ2) is 10.1. The van der Waals surface area contributed by atoms with Crippen molar-refractivity contribution in [3.05, 3.63) is 95.8 Å². The molecule has 0 aliphatic carbocycles. The van der Waals surface area contributed by atoms with E-state index < -0.39 is 0 Å². The lowest BCUT2D eigenvalue weighted by atomic mass is 9.98. The lowest BCUT2D eigenvalue weighted by molar-refractivity contribution is -0.130. The molecule has 5 rings (SSSR count). The number of thioether (sulfide) groups is 1. The highest BCUT2D eigenvalue weighted by Gasteiger charge is 2.33. The fourth-order valence-electron chi connectivity index (χ4n) is 3.80. The average molecular weight is 489 g/mol. The summed E-state index contributed by atoms with van der Waals surface area (Å²) in [6.07, 6.45) is 0.599. The van der Waals surface area contributed by atoms with Crippen LogP contribution in [-0.4, -0.2) is 39.7 Å². The number of carbonyl (C=O) groups excluding carboxylic acids is 1. The number of hydrogen-bond acceptors (Lipinski definition) is 7. The van der Waals surface area contributed by atoms with Gasteiger partial charge in [-0.25, -0.2) is 9.40 Å². The molecule has 0 bridgehead atoms. The van der Waals surface area contributed by atoms with E-state index in [4.69, 9.17) is 9.15 Å². The van der Waals surface area contributed by atoms with Crippen molar-refractivity contribution in [2.75, 3.05) is 12.9 Å². The number of nitrogens with zero attached hydrogens (tertiary/aromatic N) is 4. The number of hydrazone groups is 1. The first-order chi connectivity index (χ1) is 17.1. The molecule has 176 valence electrons. The van der Waals surface area contributed by atoms with E-state index >= 15 is 0 Å². The van der Waals surface area contributed by atoms with E-state index in [1.54, 1.807) is 19.2 Å². The summed E-state index contributed by atoms with van der Waals surface area (Å²) in [5.41, 5.74) is 3.40. The van der Waals surface area contributed by atoms with Gasteiger partial charge < -0.3 is 9.15 Å². The molecular weight excluding hydrogens is 467 g/mol. The molecule has 0 spiro atoms. The smallest absolute Gasteiger partial charge is 0.277 e. The highest BCUT2D eigenvalue weighted by Crippen LogP contribution is 2.34. The van der Waals surface area contributed by atoms with Gasteiger partial charge in [0.25, 0.3) is 11.1 Å². The molecule has 1 aromatic heterocycles. The van der Waals surface area contributed by atoms with Gasteiger partial charge in [-0.05, 0) is 47.5 Å². The number of rotatable bonds is 7. The molecule has 0 N–H and O–H groups in total. The molecule has 1 aliphatic heterocycles. The molecule has 0 saturated heterocycles. The first-order valence-electron chi connectivity index (χ1n) is 10.9. The summed E-state index contributed by atoms with van der Waals surface area (Å²) in [5, 5.41) is 14.5. The Hall–Kier alpha value is -3.98. The van der Waals surface area contributed by atoms with Crippen molar-refractivity contribution in [2.45, 2.75) is 17.7 Å². The second-order valence-corrected chi connectivity index (χ2v) is 8.74. The summed E-state index contributed by atoms with van der Waals surface area (Å²) in [6, 6.07) is 23.0. The van der Waals surface area contributed by atoms with Crippen molar-refractivity contribution >= 4 is 23.4 Å². The molecule has 0 fully saturated rings. The number of hydrogen-bond donors (Lipinski definition) is 0. The lowest BCUT2D eigenvalue weighted by Crippen LogP contribution is -2.28. The zero-order valence-corrected chi connectivity index (χ0v) is 19.6. The Morgan fingerprint density at radius 1 is 1.03 bits per heavy atom. The number of halogens is 1. The lowest BCUT2D eigenvalue weighted by Gasteiger charge is -2.22. The molecule has 0 radical (unpaired) electrons. The van der Waals surface area contributed by atoms with Crippen molar-refractivity contribution < 1.29 is 18.3 Å². The zero-order chi connectivity index (χ0) is 24.2.